The molecule has 1 amide bonds. The molecule has 2 aromatic carbocycles. The minimum atomic E-state index is -4.00. The van der Waals surface area contributed by atoms with Crippen LogP contribution in [0.25, 0.3) is 0 Å². The standard InChI is InChI=1S/C16H15FN2O3S/c17-14-3-1-2-4-15(14)23(21,22)19-13-9-7-12(8-10-13)18-16(20)11-5-6-11/h1-4,7-11,19H,5-6H2,(H,18,20). The van der Waals surface area contributed by atoms with Gasteiger partial charge in [-0.3, -0.25) is 9.52 Å². The largest absolute Gasteiger partial charge is 0.326 e. The van der Waals surface area contributed by atoms with E-state index in [1.807, 2.05) is 0 Å². The minimum Gasteiger partial charge on any atom is -0.326 e. The molecule has 2 aromatic rings. The van der Waals surface area contributed by atoms with Crippen molar-refractivity contribution < 1.29 is 17.6 Å². The van der Waals surface area contributed by atoms with Crippen molar-refractivity contribution in [2.45, 2.75) is 17.7 Å². The molecule has 0 bridgehead atoms. The van der Waals surface area contributed by atoms with Gasteiger partial charge in [0.1, 0.15) is 10.7 Å². The molecule has 1 fully saturated rings. The van der Waals surface area contributed by atoms with E-state index >= 15 is 0 Å². The first-order chi connectivity index (χ1) is 11.0. The van der Waals surface area contributed by atoms with Gasteiger partial charge in [-0.1, -0.05) is 12.1 Å². The molecule has 7 heteroatoms. The van der Waals surface area contributed by atoms with E-state index in [0.717, 1.165) is 18.9 Å². The highest BCUT2D eigenvalue weighted by atomic mass is 32.2. The molecule has 0 spiro atoms. The molecule has 1 saturated carbocycles. The van der Waals surface area contributed by atoms with Crippen molar-refractivity contribution in [3.05, 3.63) is 54.3 Å². The molecule has 0 heterocycles. The highest BCUT2D eigenvalue weighted by Gasteiger charge is 2.29. The van der Waals surface area contributed by atoms with Crippen molar-refractivity contribution in [2.24, 2.45) is 5.92 Å². The van der Waals surface area contributed by atoms with Crippen LogP contribution in [0.1, 0.15) is 12.8 Å². The van der Waals surface area contributed by atoms with Crippen LogP contribution in [0.15, 0.2) is 53.4 Å². The molecule has 2 N–H and O–H groups in total. The number of hydrogen-bond donors (Lipinski definition) is 2. The Morgan fingerprint density at radius 2 is 1.61 bits per heavy atom. The van der Waals surface area contributed by atoms with Crippen molar-refractivity contribution in [3.63, 3.8) is 0 Å². The molecule has 3 rings (SSSR count). The van der Waals surface area contributed by atoms with Crippen LogP contribution in [0, 0.1) is 11.7 Å². The lowest BCUT2D eigenvalue weighted by Gasteiger charge is -2.10. The van der Waals surface area contributed by atoms with Gasteiger partial charge in [0.25, 0.3) is 10.0 Å². The molecule has 1 aliphatic rings. The number of carbonyl (C=O) groups excluding carboxylic acids is 1. The summed E-state index contributed by atoms with van der Waals surface area (Å²) in [6, 6.07) is 11.4. The van der Waals surface area contributed by atoms with Gasteiger partial charge in [-0.2, -0.15) is 0 Å². The van der Waals surface area contributed by atoms with Crippen molar-refractivity contribution in [3.8, 4) is 0 Å². The number of rotatable bonds is 5. The summed E-state index contributed by atoms with van der Waals surface area (Å²) in [5, 5.41) is 2.76. The van der Waals surface area contributed by atoms with E-state index in [2.05, 4.69) is 10.0 Å². The summed E-state index contributed by atoms with van der Waals surface area (Å²) in [4.78, 5) is 11.2. The summed E-state index contributed by atoms with van der Waals surface area (Å²) in [6.45, 7) is 0. The van der Waals surface area contributed by atoms with Crippen LogP contribution in [-0.4, -0.2) is 14.3 Å². The average Bonchev–Trinajstić information content (AvgIpc) is 3.34. The second-order valence-electron chi connectivity index (χ2n) is 5.38. The fourth-order valence-corrected chi connectivity index (χ4v) is 3.22. The number of sulfonamides is 1. The van der Waals surface area contributed by atoms with E-state index < -0.39 is 20.7 Å². The molecule has 0 unspecified atom stereocenters. The lowest BCUT2D eigenvalue weighted by atomic mass is 10.2. The number of hydrogen-bond acceptors (Lipinski definition) is 3. The predicted molar refractivity (Wildman–Crippen MR) is 85.0 cm³/mol. The number of nitrogens with one attached hydrogen (secondary N) is 2. The van der Waals surface area contributed by atoms with Crippen LogP contribution in [0.3, 0.4) is 0 Å². The molecule has 120 valence electrons. The van der Waals surface area contributed by atoms with Gasteiger partial charge in [-0.15, -0.1) is 0 Å². The summed E-state index contributed by atoms with van der Waals surface area (Å²) >= 11 is 0. The first-order valence-electron chi connectivity index (χ1n) is 7.14. The second-order valence-corrected chi connectivity index (χ2v) is 7.03. The third-order valence-electron chi connectivity index (χ3n) is 3.48. The Balaban J connectivity index is 1.72. The van der Waals surface area contributed by atoms with Gasteiger partial charge >= 0.3 is 0 Å². The Morgan fingerprint density at radius 1 is 1.00 bits per heavy atom. The Bertz CT molecular complexity index is 831. The van der Waals surface area contributed by atoms with E-state index in [-0.39, 0.29) is 17.5 Å². The number of carbonyl (C=O) groups is 1. The second kappa shape index (κ2) is 6.00. The molecule has 0 aliphatic heterocycles. The van der Waals surface area contributed by atoms with E-state index in [1.54, 1.807) is 12.1 Å². The highest BCUT2D eigenvalue weighted by Crippen LogP contribution is 2.30. The van der Waals surface area contributed by atoms with Gasteiger partial charge in [0, 0.05) is 17.3 Å². The van der Waals surface area contributed by atoms with Crippen LogP contribution in [0.4, 0.5) is 15.8 Å². The van der Waals surface area contributed by atoms with Crippen molar-refractivity contribution in [2.75, 3.05) is 10.0 Å². The van der Waals surface area contributed by atoms with Crippen LogP contribution >= 0.6 is 0 Å². The van der Waals surface area contributed by atoms with Crippen molar-refractivity contribution in [1.29, 1.82) is 0 Å². The number of halogens is 1. The van der Waals surface area contributed by atoms with E-state index in [0.29, 0.717) is 5.69 Å². The van der Waals surface area contributed by atoms with Gasteiger partial charge in [0.15, 0.2) is 0 Å². The highest BCUT2D eigenvalue weighted by molar-refractivity contribution is 7.92. The summed E-state index contributed by atoms with van der Waals surface area (Å²) in [5.74, 6) is -0.743. The van der Waals surface area contributed by atoms with E-state index in [9.17, 15) is 17.6 Å². The normalized spacial score (nSPS) is 14.3. The third-order valence-corrected chi connectivity index (χ3v) is 4.89. The zero-order chi connectivity index (χ0) is 16.4. The van der Waals surface area contributed by atoms with Crippen molar-refractivity contribution in [1.82, 2.24) is 0 Å². The summed E-state index contributed by atoms with van der Waals surface area (Å²) < 4.78 is 40.2. The Labute approximate surface area is 133 Å². The van der Waals surface area contributed by atoms with E-state index in [4.69, 9.17) is 0 Å². The first-order valence-corrected chi connectivity index (χ1v) is 8.62. The molecule has 0 aromatic heterocycles. The molecule has 0 atom stereocenters. The Hall–Kier alpha value is -2.41. The lowest BCUT2D eigenvalue weighted by Crippen LogP contribution is -2.15. The third kappa shape index (κ3) is 3.68. The SMILES string of the molecule is O=C(Nc1ccc(NS(=O)(=O)c2ccccc2F)cc1)C1CC1. The van der Waals surface area contributed by atoms with Gasteiger partial charge in [-0.05, 0) is 49.2 Å². The fraction of sp³-hybridized carbons (Fsp3) is 0.188. The molecule has 23 heavy (non-hydrogen) atoms. The maximum atomic E-state index is 13.6. The summed E-state index contributed by atoms with van der Waals surface area (Å²) in [6.07, 6.45) is 1.82. The zero-order valence-corrected chi connectivity index (χ0v) is 12.9. The maximum Gasteiger partial charge on any atom is 0.264 e. The Kier molecular flexibility index (Phi) is 4.04. The number of anilines is 2. The molecule has 1 aliphatic carbocycles. The van der Waals surface area contributed by atoms with Gasteiger partial charge < -0.3 is 5.32 Å². The van der Waals surface area contributed by atoms with Crippen molar-refractivity contribution >= 4 is 27.3 Å². The van der Waals surface area contributed by atoms with E-state index in [1.165, 1.54) is 30.3 Å². The molecular formula is C16H15FN2O3S. The topological polar surface area (TPSA) is 75.3 Å². The van der Waals surface area contributed by atoms with Crippen LogP contribution < -0.4 is 10.0 Å². The smallest absolute Gasteiger partial charge is 0.264 e. The summed E-state index contributed by atoms with van der Waals surface area (Å²) in [5.41, 5.74) is 0.883. The quantitative estimate of drug-likeness (QED) is 0.883. The monoisotopic (exact) mass is 334 g/mol. The first kappa shape index (κ1) is 15.5. The van der Waals surface area contributed by atoms with Gasteiger partial charge in [0.2, 0.25) is 5.91 Å². The summed E-state index contributed by atoms with van der Waals surface area (Å²) in [7, 11) is -4.00. The fourth-order valence-electron chi connectivity index (χ4n) is 2.08. The molecule has 0 saturated heterocycles. The minimum absolute atomic E-state index is 0.0234. The maximum absolute atomic E-state index is 13.6. The lowest BCUT2D eigenvalue weighted by molar-refractivity contribution is -0.117. The van der Waals surface area contributed by atoms with Crippen LogP contribution in [0.2, 0.25) is 0 Å². The Morgan fingerprint density at radius 3 is 2.22 bits per heavy atom. The van der Waals surface area contributed by atoms with Gasteiger partial charge in [-0.25, -0.2) is 12.8 Å². The molecule has 5 nitrogen and oxygen atoms in total. The molecule has 0 radical (unpaired) electrons. The van der Waals surface area contributed by atoms with Gasteiger partial charge in [0.05, 0.1) is 0 Å². The number of benzene rings is 2. The molecular weight excluding hydrogens is 319 g/mol. The predicted octanol–water partition coefficient (Wildman–Crippen LogP) is 2.98. The zero-order valence-electron chi connectivity index (χ0n) is 12.1. The average molecular weight is 334 g/mol. The van der Waals surface area contributed by atoms with Crippen LogP contribution in [0.5, 0.6) is 0 Å². The number of amides is 1. The van der Waals surface area contributed by atoms with Crippen LogP contribution in [-0.2, 0) is 14.8 Å².